The molecule has 0 spiro atoms. The third kappa shape index (κ3) is 3.04. The molecule has 6 nitrogen and oxygen atoms in total. The lowest BCUT2D eigenvalue weighted by Gasteiger charge is -2.03. The molecule has 3 aromatic rings. The van der Waals surface area contributed by atoms with E-state index in [0.29, 0.717) is 11.4 Å². The summed E-state index contributed by atoms with van der Waals surface area (Å²) in [5.74, 6) is -2.61. The van der Waals surface area contributed by atoms with Crippen LogP contribution in [-0.2, 0) is 16.6 Å². The maximum Gasteiger partial charge on any atom is 0.229 e. The molecular formula is C15H12F3N3O3S. The fourth-order valence-electron chi connectivity index (χ4n) is 2.27. The highest BCUT2D eigenvalue weighted by molar-refractivity contribution is 7.84. The lowest BCUT2D eigenvalue weighted by atomic mass is 10.2. The molecule has 0 saturated carbocycles. The summed E-state index contributed by atoms with van der Waals surface area (Å²) >= 11 is 0. The summed E-state index contributed by atoms with van der Waals surface area (Å²) in [6.07, 6.45) is 1.45. The SMILES string of the molecule is COc1ccnc(CS(=O)c2nc3c(F)c(OC)c(F)cc3n2F)c1. The average molecular weight is 371 g/mol. The lowest BCUT2D eigenvalue weighted by Crippen LogP contribution is -2.03. The van der Waals surface area contributed by atoms with E-state index in [-0.39, 0.29) is 10.5 Å². The number of halogens is 3. The maximum absolute atomic E-state index is 14.4. The van der Waals surface area contributed by atoms with Crippen molar-refractivity contribution in [2.75, 3.05) is 14.2 Å². The number of hydrogen-bond donors (Lipinski definition) is 0. The molecular weight excluding hydrogens is 359 g/mol. The first kappa shape index (κ1) is 17.2. The van der Waals surface area contributed by atoms with Gasteiger partial charge in [-0.15, -0.1) is 4.79 Å². The molecule has 0 bridgehead atoms. The van der Waals surface area contributed by atoms with Crippen LogP contribution in [0.5, 0.6) is 11.5 Å². The van der Waals surface area contributed by atoms with Crippen LogP contribution in [0.2, 0.25) is 0 Å². The van der Waals surface area contributed by atoms with Gasteiger partial charge >= 0.3 is 0 Å². The first-order valence-corrected chi connectivity index (χ1v) is 8.26. The minimum Gasteiger partial charge on any atom is -0.497 e. The van der Waals surface area contributed by atoms with Gasteiger partial charge in [-0.25, -0.2) is 13.8 Å². The first-order chi connectivity index (χ1) is 12.0. The van der Waals surface area contributed by atoms with Crippen molar-refractivity contribution in [3.63, 3.8) is 0 Å². The molecule has 2 heterocycles. The fraction of sp³-hybridized carbons (Fsp3) is 0.200. The number of methoxy groups -OCH3 is 2. The van der Waals surface area contributed by atoms with Gasteiger partial charge in [-0.3, -0.25) is 9.19 Å². The van der Waals surface area contributed by atoms with Gasteiger partial charge in [0.2, 0.25) is 5.16 Å². The highest BCUT2D eigenvalue weighted by Crippen LogP contribution is 2.31. The summed E-state index contributed by atoms with van der Waals surface area (Å²) in [7, 11) is 0.553. The van der Waals surface area contributed by atoms with Gasteiger partial charge in [0.1, 0.15) is 16.8 Å². The van der Waals surface area contributed by atoms with Gasteiger partial charge in [0, 0.05) is 18.3 Å². The van der Waals surface area contributed by atoms with Crippen molar-refractivity contribution in [2.45, 2.75) is 10.9 Å². The molecule has 0 aliphatic carbocycles. The second-order valence-corrected chi connectivity index (χ2v) is 6.27. The molecule has 0 aliphatic heterocycles. The Bertz CT molecular complexity index is 978. The van der Waals surface area contributed by atoms with E-state index in [9.17, 15) is 17.5 Å². The summed E-state index contributed by atoms with van der Waals surface area (Å²) in [5, 5.41) is -0.550. The van der Waals surface area contributed by atoms with Crippen molar-refractivity contribution in [3.8, 4) is 11.5 Å². The maximum atomic E-state index is 14.4. The Morgan fingerprint density at radius 2 is 2.00 bits per heavy atom. The van der Waals surface area contributed by atoms with Crippen LogP contribution in [0.4, 0.5) is 13.3 Å². The molecule has 0 amide bonds. The molecule has 25 heavy (non-hydrogen) atoms. The van der Waals surface area contributed by atoms with Crippen LogP contribution in [0.25, 0.3) is 11.0 Å². The summed E-state index contributed by atoms with van der Waals surface area (Å²) in [6.45, 7) is 0. The van der Waals surface area contributed by atoms with Crippen LogP contribution in [0, 0.1) is 11.6 Å². The number of nitrogens with zero attached hydrogens (tertiary/aromatic N) is 3. The Balaban J connectivity index is 2.02. The number of imidazole rings is 1. The number of fused-ring (bicyclic) bond motifs is 1. The van der Waals surface area contributed by atoms with Gasteiger partial charge in [-0.05, 0) is 6.07 Å². The lowest BCUT2D eigenvalue weighted by molar-refractivity contribution is 0.342. The van der Waals surface area contributed by atoms with Gasteiger partial charge in [0.25, 0.3) is 0 Å². The molecule has 2 aromatic heterocycles. The van der Waals surface area contributed by atoms with E-state index in [1.54, 1.807) is 6.07 Å². The summed E-state index contributed by atoms with van der Waals surface area (Å²) < 4.78 is 64.3. The van der Waals surface area contributed by atoms with Crippen molar-refractivity contribution in [2.24, 2.45) is 0 Å². The van der Waals surface area contributed by atoms with Gasteiger partial charge in [0.05, 0.1) is 36.5 Å². The Morgan fingerprint density at radius 3 is 2.68 bits per heavy atom. The molecule has 0 aliphatic rings. The largest absolute Gasteiger partial charge is 0.497 e. The van der Waals surface area contributed by atoms with E-state index in [0.717, 1.165) is 13.2 Å². The van der Waals surface area contributed by atoms with E-state index >= 15 is 0 Å². The number of pyridine rings is 1. The van der Waals surface area contributed by atoms with Crippen molar-refractivity contribution < 1.29 is 26.9 Å². The van der Waals surface area contributed by atoms with Crippen LogP contribution >= 0.6 is 0 Å². The van der Waals surface area contributed by atoms with E-state index in [4.69, 9.17) is 4.74 Å². The third-order valence-corrected chi connectivity index (χ3v) is 4.64. The minimum atomic E-state index is -1.98. The van der Waals surface area contributed by atoms with E-state index in [1.165, 1.54) is 19.4 Å². The number of aromatic nitrogens is 3. The van der Waals surface area contributed by atoms with Crippen LogP contribution in [-0.4, -0.2) is 33.2 Å². The highest BCUT2D eigenvalue weighted by Gasteiger charge is 2.24. The standard InChI is InChI=1S/C15H12F3N3O3S/c1-23-9-3-4-19-8(5-9)7-25(22)15-20-13-11(21(15)18)6-10(16)14(24-2)12(13)17/h3-6H,7H2,1-2H3. The van der Waals surface area contributed by atoms with Crippen LogP contribution in [0.1, 0.15) is 5.69 Å². The zero-order valence-corrected chi connectivity index (χ0v) is 13.9. The Kier molecular flexibility index (Phi) is 4.62. The zero-order valence-electron chi connectivity index (χ0n) is 13.1. The van der Waals surface area contributed by atoms with Crippen LogP contribution < -0.4 is 9.47 Å². The monoisotopic (exact) mass is 371 g/mol. The van der Waals surface area contributed by atoms with Gasteiger partial charge < -0.3 is 9.47 Å². The normalized spacial score (nSPS) is 12.4. The van der Waals surface area contributed by atoms with Crippen LogP contribution in [0.15, 0.2) is 29.6 Å². The number of rotatable bonds is 5. The predicted molar refractivity (Wildman–Crippen MR) is 83.6 cm³/mol. The van der Waals surface area contributed by atoms with Gasteiger partial charge in [0.15, 0.2) is 17.4 Å². The molecule has 132 valence electrons. The van der Waals surface area contributed by atoms with Crippen molar-refractivity contribution in [3.05, 3.63) is 41.7 Å². The van der Waals surface area contributed by atoms with Crippen molar-refractivity contribution in [1.82, 2.24) is 14.8 Å². The highest BCUT2D eigenvalue weighted by atomic mass is 32.2. The van der Waals surface area contributed by atoms with E-state index in [1.807, 2.05) is 0 Å². The van der Waals surface area contributed by atoms with Crippen LogP contribution in [0.3, 0.4) is 0 Å². The zero-order chi connectivity index (χ0) is 18.1. The predicted octanol–water partition coefficient (Wildman–Crippen LogP) is 2.77. The van der Waals surface area contributed by atoms with Gasteiger partial charge in [-0.1, -0.05) is 4.48 Å². The topological polar surface area (TPSA) is 66.2 Å². The molecule has 10 heteroatoms. The molecule has 1 unspecified atom stereocenters. The summed E-state index contributed by atoms with van der Waals surface area (Å²) in [5.41, 5.74) is -0.575. The number of hydrogen-bond acceptors (Lipinski definition) is 5. The van der Waals surface area contributed by atoms with Gasteiger partial charge in [-0.2, -0.15) is 0 Å². The first-order valence-electron chi connectivity index (χ1n) is 6.94. The van der Waals surface area contributed by atoms with E-state index in [2.05, 4.69) is 14.7 Å². The van der Waals surface area contributed by atoms with Crippen molar-refractivity contribution in [1.29, 1.82) is 0 Å². The molecule has 0 N–H and O–H groups in total. The molecule has 0 radical (unpaired) electrons. The average Bonchev–Trinajstić information content (AvgIpc) is 2.93. The Morgan fingerprint density at radius 1 is 1.24 bits per heavy atom. The third-order valence-electron chi connectivity index (χ3n) is 3.43. The molecule has 1 atom stereocenters. The second kappa shape index (κ2) is 6.71. The molecule has 0 saturated heterocycles. The minimum absolute atomic E-state index is 0.1000. The second-order valence-electron chi connectivity index (χ2n) is 4.93. The number of ether oxygens (including phenoxy) is 2. The smallest absolute Gasteiger partial charge is 0.229 e. The molecule has 0 fully saturated rings. The Labute approximate surface area is 142 Å². The molecule has 3 rings (SSSR count). The quantitative estimate of drug-likeness (QED) is 0.690. The summed E-state index contributed by atoms with van der Waals surface area (Å²) in [4.78, 5) is 7.62. The fourth-order valence-corrected chi connectivity index (χ4v) is 3.29. The molecule has 1 aromatic carbocycles. The Hall–Kier alpha value is -2.62. The number of benzene rings is 1. The van der Waals surface area contributed by atoms with E-state index < -0.39 is 44.4 Å². The van der Waals surface area contributed by atoms with Crippen molar-refractivity contribution >= 4 is 21.8 Å². The summed E-state index contributed by atoms with van der Waals surface area (Å²) in [6, 6.07) is 3.86.